The summed E-state index contributed by atoms with van der Waals surface area (Å²) in [6.45, 7) is 5.62. The topological polar surface area (TPSA) is 78.9 Å². The lowest BCUT2D eigenvalue weighted by Gasteiger charge is -2.36. The predicted molar refractivity (Wildman–Crippen MR) is 146 cm³/mol. The third-order valence-electron chi connectivity index (χ3n) is 8.42. The van der Waals surface area contributed by atoms with Gasteiger partial charge >= 0.3 is 12.1 Å². The third-order valence-corrected chi connectivity index (χ3v) is 8.42. The van der Waals surface area contributed by atoms with Crippen molar-refractivity contribution in [1.29, 1.82) is 0 Å². The second-order valence-corrected chi connectivity index (χ2v) is 12.0. The average Bonchev–Trinajstić information content (AvgIpc) is 3.28. The Labute approximate surface area is 233 Å². The van der Waals surface area contributed by atoms with Crippen LogP contribution in [0.1, 0.15) is 75.6 Å². The second-order valence-electron chi connectivity index (χ2n) is 12.0. The number of hydrogen-bond acceptors (Lipinski definition) is 4. The van der Waals surface area contributed by atoms with E-state index in [4.69, 9.17) is 4.74 Å². The summed E-state index contributed by atoms with van der Waals surface area (Å²) in [7, 11) is 1.31. The first-order valence-corrected chi connectivity index (χ1v) is 13.9. The summed E-state index contributed by atoms with van der Waals surface area (Å²) in [5, 5.41) is 13.9. The molecule has 2 aromatic rings. The zero-order chi connectivity index (χ0) is 29.2. The number of ether oxygens (including phenoxy) is 1. The Morgan fingerprint density at radius 2 is 1.68 bits per heavy atom. The van der Waals surface area contributed by atoms with Crippen molar-refractivity contribution < 1.29 is 32.6 Å². The normalized spacial score (nSPS) is 24.2. The minimum atomic E-state index is -4.60. The van der Waals surface area contributed by atoms with Crippen molar-refractivity contribution in [3.63, 3.8) is 0 Å². The molecule has 2 fully saturated rings. The SMILES string of the molecule is COc1ccc(CN[C@H]2[C@H](C(C)(C)C)[C@@H](C(=O)O)N(C(=O)C3CCCCC3)[C@H]2c2ccccc2)c(C(F)(F)F)c1. The fourth-order valence-electron chi connectivity index (χ4n) is 6.62. The minimum Gasteiger partial charge on any atom is -0.497 e. The molecule has 0 aromatic heterocycles. The van der Waals surface area contributed by atoms with Crippen LogP contribution in [-0.4, -0.2) is 41.1 Å². The number of carboxylic acids is 1. The molecule has 0 unspecified atom stereocenters. The Morgan fingerprint density at radius 1 is 1.02 bits per heavy atom. The molecule has 218 valence electrons. The van der Waals surface area contributed by atoms with E-state index in [9.17, 15) is 27.9 Å². The standard InChI is InChI=1S/C31H39F3N2O4/c1-30(2,3)24-25(35-18-21-15-16-22(40-4)17-23(21)31(32,33)34)26(19-11-7-5-8-12-19)36(27(24)29(38)39)28(37)20-13-9-6-10-14-20/h5,7-8,11-12,15-17,20,24-27,35H,6,9-10,13-14,18H2,1-4H3,(H,38,39)/t24-,25-,26-,27-/m0/s1. The van der Waals surface area contributed by atoms with Crippen LogP contribution >= 0.6 is 0 Å². The molecule has 1 saturated carbocycles. The van der Waals surface area contributed by atoms with Gasteiger partial charge < -0.3 is 20.1 Å². The smallest absolute Gasteiger partial charge is 0.416 e. The van der Waals surface area contributed by atoms with E-state index in [2.05, 4.69) is 5.32 Å². The highest BCUT2D eigenvalue weighted by Gasteiger charge is 2.58. The van der Waals surface area contributed by atoms with Gasteiger partial charge in [0.05, 0.1) is 18.7 Å². The first-order chi connectivity index (χ1) is 18.8. The summed E-state index contributed by atoms with van der Waals surface area (Å²) in [4.78, 5) is 28.6. The molecule has 0 bridgehead atoms. The Morgan fingerprint density at radius 3 is 2.23 bits per heavy atom. The lowest BCUT2D eigenvalue weighted by molar-refractivity contribution is -0.154. The molecule has 1 amide bonds. The van der Waals surface area contributed by atoms with Crippen molar-refractivity contribution in [3.8, 4) is 5.75 Å². The maximum absolute atomic E-state index is 14.1. The van der Waals surface area contributed by atoms with Crippen LogP contribution in [0.4, 0.5) is 13.2 Å². The van der Waals surface area contributed by atoms with E-state index in [-0.39, 0.29) is 29.7 Å². The lowest BCUT2D eigenvalue weighted by atomic mass is 9.72. The number of alkyl halides is 3. The first-order valence-electron chi connectivity index (χ1n) is 13.9. The Hall–Kier alpha value is -3.07. The van der Waals surface area contributed by atoms with Gasteiger partial charge in [0.25, 0.3) is 0 Å². The minimum absolute atomic E-state index is 0.0247. The summed E-state index contributed by atoms with van der Waals surface area (Å²) < 4.78 is 47.0. The summed E-state index contributed by atoms with van der Waals surface area (Å²) in [5.41, 5.74) is -0.613. The number of methoxy groups -OCH3 is 1. The zero-order valence-electron chi connectivity index (χ0n) is 23.5. The van der Waals surface area contributed by atoms with Gasteiger partial charge in [0, 0.05) is 24.4 Å². The molecule has 1 heterocycles. The van der Waals surface area contributed by atoms with E-state index in [1.54, 1.807) is 4.90 Å². The number of halogens is 3. The maximum Gasteiger partial charge on any atom is 0.416 e. The van der Waals surface area contributed by atoms with Gasteiger partial charge in [-0.3, -0.25) is 4.79 Å². The number of likely N-dealkylation sites (tertiary alicyclic amines) is 1. The second kappa shape index (κ2) is 11.8. The van der Waals surface area contributed by atoms with Crippen molar-refractivity contribution in [1.82, 2.24) is 10.2 Å². The van der Waals surface area contributed by atoms with Crippen molar-refractivity contribution in [2.45, 2.75) is 83.7 Å². The van der Waals surface area contributed by atoms with E-state index >= 15 is 0 Å². The molecule has 4 rings (SSSR count). The maximum atomic E-state index is 14.1. The first kappa shape index (κ1) is 29.9. The lowest BCUT2D eigenvalue weighted by Crippen LogP contribution is -2.49. The Bertz CT molecular complexity index is 1190. The Kier molecular flexibility index (Phi) is 8.83. The van der Waals surface area contributed by atoms with Crippen LogP contribution in [0.2, 0.25) is 0 Å². The van der Waals surface area contributed by atoms with Crippen molar-refractivity contribution in [2.75, 3.05) is 7.11 Å². The molecule has 1 saturated heterocycles. The van der Waals surface area contributed by atoms with E-state index in [0.29, 0.717) is 12.8 Å². The summed E-state index contributed by atoms with van der Waals surface area (Å²) in [6.07, 6.45) is -0.298. The van der Waals surface area contributed by atoms with Crippen LogP contribution in [-0.2, 0) is 22.3 Å². The number of carbonyl (C=O) groups excluding carboxylic acids is 1. The Balaban J connectivity index is 1.81. The van der Waals surface area contributed by atoms with E-state index in [1.165, 1.54) is 19.2 Å². The average molecular weight is 561 g/mol. The van der Waals surface area contributed by atoms with Crippen LogP contribution in [0.5, 0.6) is 5.75 Å². The fraction of sp³-hybridized carbons (Fsp3) is 0.548. The van der Waals surface area contributed by atoms with Gasteiger partial charge in [-0.25, -0.2) is 4.79 Å². The quantitative estimate of drug-likeness (QED) is 0.407. The number of rotatable bonds is 7. The van der Waals surface area contributed by atoms with Crippen LogP contribution in [0.25, 0.3) is 0 Å². The van der Waals surface area contributed by atoms with Gasteiger partial charge in [-0.2, -0.15) is 13.2 Å². The van der Waals surface area contributed by atoms with Crippen LogP contribution in [0.3, 0.4) is 0 Å². The van der Waals surface area contributed by atoms with Crippen molar-refractivity contribution in [2.24, 2.45) is 17.3 Å². The molecule has 1 aliphatic carbocycles. The molecule has 0 radical (unpaired) electrons. The van der Waals surface area contributed by atoms with Gasteiger partial charge in [-0.15, -0.1) is 0 Å². The monoisotopic (exact) mass is 560 g/mol. The number of carbonyl (C=O) groups is 2. The van der Waals surface area contributed by atoms with Crippen molar-refractivity contribution >= 4 is 11.9 Å². The molecular formula is C31H39F3N2O4. The molecule has 4 atom stereocenters. The number of aliphatic carboxylic acids is 1. The van der Waals surface area contributed by atoms with Gasteiger partial charge in [0.1, 0.15) is 11.8 Å². The summed E-state index contributed by atoms with van der Waals surface area (Å²) >= 11 is 0. The molecular weight excluding hydrogens is 521 g/mol. The number of nitrogens with zero attached hydrogens (tertiary/aromatic N) is 1. The molecule has 2 N–H and O–H groups in total. The summed E-state index contributed by atoms with van der Waals surface area (Å²) in [5.74, 6) is -2.02. The predicted octanol–water partition coefficient (Wildman–Crippen LogP) is 6.45. The molecule has 9 heteroatoms. The van der Waals surface area contributed by atoms with E-state index in [0.717, 1.165) is 30.9 Å². The molecule has 2 aliphatic rings. The molecule has 6 nitrogen and oxygen atoms in total. The molecule has 40 heavy (non-hydrogen) atoms. The van der Waals surface area contributed by atoms with Gasteiger partial charge in [0.15, 0.2) is 0 Å². The van der Waals surface area contributed by atoms with Crippen LogP contribution in [0, 0.1) is 17.3 Å². The highest BCUT2D eigenvalue weighted by molar-refractivity contribution is 5.87. The number of carboxylic acid groups (broad SMARTS) is 1. The molecule has 2 aromatic carbocycles. The highest BCUT2D eigenvalue weighted by Crippen LogP contribution is 2.49. The summed E-state index contributed by atoms with van der Waals surface area (Å²) in [6, 6.07) is 10.7. The largest absolute Gasteiger partial charge is 0.497 e. The number of amides is 1. The van der Waals surface area contributed by atoms with E-state index in [1.807, 2.05) is 51.1 Å². The molecule has 0 spiro atoms. The van der Waals surface area contributed by atoms with Crippen LogP contribution in [0.15, 0.2) is 48.5 Å². The van der Waals surface area contributed by atoms with Crippen molar-refractivity contribution in [3.05, 3.63) is 65.2 Å². The zero-order valence-corrected chi connectivity index (χ0v) is 23.5. The fourth-order valence-corrected chi connectivity index (χ4v) is 6.62. The third kappa shape index (κ3) is 6.14. The van der Waals surface area contributed by atoms with E-state index < -0.39 is 47.2 Å². The van der Waals surface area contributed by atoms with Gasteiger partial charge in [-0.1, -0.05) is 76.4 Å². The van der Waals surface area contributed by atoms with Gasteiger partial charge in [0.2, 0.25) is 5.91 Å². The number of benzene rings is 2. The van der Waals surface area contributed by atoms with Crippen LogP contribution < -0.4 is 10.1 Å². The number of nitrogens with one attached hydrogen (secondary N) is 1. The number of hydrogen-bond donors (Lipinski definition) is 2. The molecule has 1 aliphatic heterocycles. The van der Waals surface area contributed by atoms with Gasteiger partial charge in [-0.05, 0) is 41.5 Å². The highest BCUT2D eigenvalue weighted by atomic mass is 19.4.